The Bertz CT molecular complexity index is 925. The molecule has 0 aliphatic carbocycles. The fourth-order valence-corrected chi connectivity index (χ4v) is 3.46. The van der Waals surface area contributed by atoms with Crippen LogP contribution in [0.1, 0.15) is 18.1 Å². The lowest BCUT2D eigenvalue weighted by Gasteiger charge is -2.21. The summed E-state index contributed by atoms with van der Waals surface area (Å²) in [4.78, 5) is 25.0. The largest absolute Gasteiger partial charge is 0.480 e. The Morgan fingerprint density at radius 1 is 1.07 bits per heavy atom. The van der Waals surface area contributed by atoms with E-state index in [2.05, 4.69) is 0 Å². The number of carboxylic acids is 1. The first-order valence-corrected chi connectivity index (χ1v) is 9.92. The molecule has 0 atom stereocenters. The number of amides is 1. The molecule has 0 aromatic heterocycles. The summed E-state index contributed by atoms with van der Waals surface area (Å²) < 4.78 is 37.0. The SMILES string of the molecule is CCS(=O)(=O)c1cccc(CC(=O)N(CC(=O)O)Cc2ccc(F)cc2)c1. The highest BCUT2D eigenvalue weighted by molar-refractivity contribution is 7.91. The van der Waals surface area contributed by atoms with Crippen LogP contribution in [0.25, 0.3) is 0 Å². The lowest BCUT2D eigenvalue weighted by Crippen LogP contribution is -2.36. The number of carbonyl (C=O) groups is 2. The standard InChI is InChI=1S/C19H20FNO5S/c1-2-27(25,26)17-5-3-4-15(10-17)11-18(22)21(13-19(23)24)12-14-6-8-16(20)9-7-14/h3-10H,2,11-13H2,1H3,(H,23,24). The van der Waals surface area contributed by atoms with Gasteiger partial charge in [0, 0.05) is 6.54 Å². The van der Waals surface area contributed by atoms with E-state index in [1.165, 1.54) is 43.3 Å². The van der Waals surface area contributed by atoms with Crippen LogP contribution < -0.4 is 0 Å². The lowest BCUT2D eigenvalue weighted by molar-refractivity contribution is -0.144. The Morgan fingerprint density at radius 2 is 1.74 bits per heavy atom. The number of hydrogen-bond donors (Lipinski definition) is 1. The number of rotatable bonds is 8. The Morgan fingerprint density at radius 3 is 2.33 bits per heavy atom. The van der Waals surface area contributed by atoms with Gasteiger partial charge < -0.3 is 10.0 Å². The van der Waals surface area contributed by atoms with E-state index in [-0.39, 0.29) is 23.6 Å². The summed E-state index contributed by atoms with van der Waals surface area (Å²) in [6.07, 6.45) is -0.137. The average Bonchev–Trinajstić information content (AvgIpc) is 2.63. The molecule has 0 radical (unpaired) electrons. The number of benzene rings is 2. The highest BCUT2D eigenvalue weighted by Gasteiger charge is 2.19. The van der Waals surface area contributed by atoms with Gasteiger partial charge in [0.2, 0.25) is 5.91 Å². The van der Waals surface area contributed by atoms with Crippen molar-refractivity contribution in [3.05, 3.63) is 65.5 Å². The molecule has 0 saturated carbocycles. The van der Waals surface area contributed by atoms with E-state index >= 15 is 0 Å². The van der Waals surface area contributed by atoms with E-state index in [0.29, 0.717) is 11.1 Å². The summed E-state index contributed by atoms with van der Waals surface area (Å²) in [5.74, 6) is -2.12. The summed E-state index contributed by atoms with van der Waals surface area (Å²) >= 11 is 0. The topological polar surface area (TPSA) is 91.8 Å². The predicted molar refractivity (Wildman–Crippen MR) is 97.3 cm³/mol. The molecule has 0 saturated heterocycles. The van der Waals surface area contributed by atoms with Crippen molar-refractivity contribution in [1.82, 2.24) is 4.90 Å². The van der Waals surface area contributed by atoms with E-state index in [1.807, 2.05) is 0 Å². The maximum absolute atomic E-state index is 13.0. The molecule has 27 heavy (non-hydrogen) atoms. The summed E-state index contributed by atoms with van der Waals surface area (Å²) in [6.45, 7) is 1.03. The second-order valence-electron chi connectivity index (χ2n) is 6.00. The van der Waals surface area contributed by atoms with Crippen molar-refractivity contribution in [2.24, 2.45) is 0 Å². The number of hydrogen-bond acceptors (Lipinski definition) is 4. The van der Waals surface area contributed by atoms with Crippen LogP contribution >= 0.6 is 0 Å². The van der Waals surface area contributed by atoms with Crippen LogP contribution in [0.2, 0.25) is 0 Å². The van der Waals surface area contributed by atoms with Gasteiger partial charge >= 0.3 is 5.97 Å². The Hall–Kier alpha value is -2.74. The van der Waals surface area contributed by atoms with Gasteiger partial charge in [0.1, 0.15) is 12.4 Å². The number of aliphatic carboxylic acids is 1. The Labute approximate surface area is 157 Å². The van der Waals surface area contributed by atoms with Crippen molar-refractivity contribution in [2.75, 3.05) is 12.3 Å². The van der Waals surface area contributed by atoms with Gasteiger partial charge in [0.05, 0.1) is 17.1 Å². The number of carbonyl (C=O) groups excluding carboxylic acids is 1. The van der Waals surface area contributed by atoms with E-state index in [9.17, 15) is 22.4 Å². The molecule has 0 spiro atoms. The molecule has 0 heterocycles. The third kappa shape index (κ3) is 5.89. The van der Waals surface area contributed by atoms with Crippen molar-refractivity contribution >= 4 is 21.7 Å². The fourth-order valence-electron chi connectivity index (χ4n) is 2.51. The number of halogens is 1. The monoisotopic (exact) mass is 393 g/mol. The Kier molecular flexibility index (Phi) is 6.68. The predicted octanol–water partition coefficient (Wildman–Crippen LogP) is 2.28. The minimum atomic E-state index is -3.40. The van der Waals surface area contributed by atoms with Crippen LogP contribution in [0.15, 0.2) is 53.4 Å². The van der Waals surface area contributed by atoms with Gasteiger partial charge in [-0.15, -0.1) is 0 Å². The molecule has 144 valence electrons. The molecule has 0 unspecified atom stereocenters. The molecule has 2 rings (SSSR count). The molecule has 0 aliphatic heterocycles. The van der Waals surface area contributed by atoms with Gasteiger partial charge in [-0.3, -0.25) is 9.59 Å². The molecule has 6 nitrogen and oxygen atoms in total. The maximum Gasteiger partial charge on any atom is 0.323 e. The van der Waals surface area contributed by atoms with E-state index in [1.54, 1.807) is 12.1 Å². The van der Waals surface area contributed by atoms with E-state index < -0.39 is 34.1 Å². The molecule has 1 amide bonds. The molecule has 2 aromatic rings. The van der Waals surface area contributed by atoms with E-state index in [4.69, 9.17) is 5.11 Å². The summed E-state index contributed by atoms with van der Waals surface area (Å²) in [7, 11) is -3.40. The average molecular weight is 393 g/mol. The molecular weight excluding hydrogens is 373 g/mol. The second kappa shape index (κ2) is 8.77. The van der Waals surface area contributed by atoms with Crippen molar-refractivity contribution in [3.63, 3.8) is 0 Å². The zero-order valence-corrected chi connectivity index (χ0v) is 15.6. The number of nitrogens with zero attached hydrogens (tertiary/aromatic N) is 1. The first-order valence-electron chi connectivity index (χ1n) is 8.27. The van der Waals surface area contributed by atoms with Crippen LogP contribution in [0.4, 0.5) is 4.39 Å². The van der Waals surface area contributed by atoms with Crippen molar-refractivity contribution in [3.8, 4) is 0 Å². The van der Waals surface area contributed by atoms with Gasteiger partial charge in [-0.2, -0.15) is 0 Å². The first-order chi connectivity index (χ1) is 12.7. The molecule has 0 aliphatic rings. The summed E-state index contributed by atoms with van der Waals surface area (Å²) in [5.41, 5.74) is 1.07. The molecule has 0 bridgehead atoms. The van der Waals surface area contributed by atoms with Crippen LogP contribution in [0.5, 0.6) is 0 Å². The summed E-state index contributed by atoms with van der Waals surface area (Å²) in [6, 6.07) is 11.5. The number of sulfone groups is 1. The van der Waals surface area contributed by atoms with Gasteiger partial charge in [-0.1, -0.05) is 31.2 Å². The maximum atomic E-state index is 13.0. The fraction of sp³-hybridized carbons (Fsp3) is 0.263. The zero-order chi connectivity index (χ0) is 20.0. The van der Waals surface area contributed by atoms with Gasteiger partial charge in [0.15, 0.2) is 9.84 Å². The van der Waals surface area contributed by atoms with Crippen molar-refractivity contribution < 1.29 is 27.5 Å². The quantitative estimate of drug-likeness (QED) is 0.743. The van der Waals surface area contributed by atoms with Crippen LogP contribution in [-0.4, -0.2) is 42.6 Å². The molecular formula is C19H20FNO5S. The molecule has 0 fully saturated rings. The lowest BCUT2D eigenvalue weighted by atomic mass is 10.1. The van der Waals surface area contributed by atoms with Crippen molar-refractivity contribution in [2.45, 2.75) is 24.8 Å². The summed E-state index contributed by atoms with van der Waals surface area (Å²) in [5, 5.41) is 9.07. The highest BCUT2D eigenvalue weighted by atomic mass is 32.2. The number of carboxylic acid groups (broad SMARTS) is 1. The minimum Gasteiger partial charge on any atom is -0.480 e. The molecule has 1 N–H and O–H groups in total. The second-order valence-corrected chi connectivity index (χ2v) is 8.28. The minimum absolute atomic E-state index is 0.0123. The van der Waals surface area contributed by atoms with Gasteiger partial charge in [-0.25, -0.2) is 12.8 Å². The van der Waals surface area contributed by atoms with Crippen LogP contribution in [0.3, 0.4) is 0 Å². The third-order valence-corrected chi connectivity index (χ3v) is 5.69. The normalized spacial score (nSPS) is 11.2. The molecule has 2 aromatic carbocycles. The van der Waals surface area contributed by atoms with Crippen LogP contribution in [-0.2, 0) is 32.4 Å². The highest BCUT2D eigenvalue weighted by Crippen LogP contribution is 2.15. The van der Waals surface area contributed by atoms with Gasteiger partial charge in [0.25, 0.3) is 0 Å². The smallest absolute Gasteiger partial charge is 0.323 e. The first kappa shape index (κ1) is 20.6. The molecule has 8 heteroatoms. The van der Waals surface area contributed by atoms with Crippen molar-refractivity contribution in [1.29, 1.82) is 0 Å². The van der Waals surface area contributed by atoms with E-state index in [0.717, 1.165) is 4.90 Å². The zero-order valence-electron chi connectivity index (χ0n) is 14.8. The van der Waals surface area contributed by atoms with Crippen LogP contribution in [0, 0.1) is 5.82 Å². The van der Waals surface area contributed by atoms with Gasteiger partial charge in [-0.05, 0) is 35.4 Å². The third-order valence-electron chi connectivity index (χ3n) is 3.96. The Balaban J connectivity index is 2.19.